The zero-order chi connectivity index (χ0) is 16.6. The summed E-state index contributed by atoms with van der Waals surface area (Å²) in [5.41, 5.74) is 3.57. The van der Waals surface area contributed by atoms with Crippen LogP contribution in [0.3, 0.4) is 0 Å². The third kappa shape index (κ3) is 2.96. The SMILES string of the molecule is CCCN(CCC)C1CCc2c(cc(Br)c3c2C(=O)C(=O)N3)C1. The molecule has 1 atom stereocenters. The average molecular weight is 379 g/mol. The monoisotopic (exact) mass is 378 g/mol. The van der Waals surface area contributed by atoms with E-state index in [0.717, 1.165) is 55.2 Å². The zero-order valence-corrected chi connectivity index (χ0v) is 15.3. The highest BCUT2D eigenvalue weighted by Gasteiger charge is 2.36. The molecule has 5 heteroatoms. The van der Waals surface area contributed by atoms with Crippen LogP contribution in [-0.4, -0.2) is 35.7 Å². The van der Waals surface area contributed by atoms with Crippen molar-refractivity contribution in [1.82, 2.24) is 4.90 Å². The van der Waals surface area contributed by atoms with Gasteiger partial charge >= 0.3 is 0 Å². The van der Waals surface area contributed by atoms with E-state index >= 15 is 0 Å². The number of halogens is 1. The van der Waals surface area contributed by atoms with Gasteiger partial charge in [-0.05, 0) is 78.3 Å². The summed E-state index contributed by atoms with van der Waals surface area (Å²) in [7, 11) is 0. The lowest BCUT2D eigenvalue weighted by Gasteiger charge is -2.35. The summed E-state index contributed by atoms with van der Waals surface area (Å²) in [5, 5.41) is 2.69. The molecule has 1 amide bonds. The Labute approximate surface area is 145 Å². The summed E-state index contributed by atoms with van der Waals surface area (Å²) < 4.78 is 0.823. The molecular formula is C18H23BrN2O2. The van der Waals surface area contributed by atoms with Crippen LogP contribution in [0.4, 0.5) is 5.69 Å². The predicted octanol–water partition coefficient (Wildman–Crippen LogP) is 3.56. The Bertz CT molecular complexity index is 651. The van der Waals surface area contributed by atoms with Crippen molar-refractivity contribution >= 4 is 33.3 Å². The lowest BCUT2D eigenvalue weighted by Crippen LogP contribution is -2.40. The summed E-state index contributed by atoms with van der Waals surface area (Å²) in [6, 6.07) is 2.63. The number of nitrogens with zero attached hydrogens (tertiary/aromatic N) is 1. The van der Waals surface area contributed by atoms with Gasteiger partial charge in [0.1, 0.15) is 0 Å². The first-order valence-corrected chi connectivity index (χ1v) is 9.30. The molecule has 1 heterocycles. The van der Waals surface area contributed by atoms with Gasteiger partial charge in [-0.2, -0.15) is 0 Å². The van der Waals surface area contributed by atoms with Crippen molar-refractivity contribution in [1.29, 1.82) is 0 Å². The zero-order valence-electron chi connectivity index (χ0n) is 13.7. The second-order valence-corrected chi connectivity index (χ2v) is 7.32. The van der Waals surface area contributed by atoms with Gasteiger partial charge in [0, 0.05) is 10.5 Å². The fraction of sp³-hybridized carbons (Fsp3) is 0.556. The molecule has 0 aromatic heterocycles. The number of benzene rings is 1. The second kappa shape index (κ2) is 6.73. The van der Waals surface area contributed by atoms with Crippen molar-refractivity contribution in [2.75, 3.05) is 18.4 Å². The molecule has 1 N–H and O–H groups in total. The molecule has 4 nitrogen and oxygen atoms in total. The van der Waals surface area contributed by atoms with Gasteiger partial charge in [-0.15, -0.1) is 0 Å². The lowest BCUT2D eigenvalue weighted by atomic mass is 9.83. The Morgan fingerprint density at radius 2 is 1.96 bits per heavy atom. The third-order valence-corrected chi connectivity index (χ3v) is 5.50. The van der Waals surface area contributed by atoms with Crippen molar-refractivity contribution in [3.05, 3.63) is 27.2 Å². The fourth-order valence-electron chi connectivity index (χ4n) is 3.90. The van der Waals surface area contributed by atoms with Crippen molar-refractivity contribution in [3.63, 3.8) is 0 Å². The van der Waals surface area contributed by atoms with Gasteiger partial charge in [-0.25, -0.2) is 0 Å². The van der Waals surface area contributed by atoms with Crippen LogP contribution in [0, 0.1) is 0 Å². The maximum absolute atomic E-state index is 12.2. The molecule has 3 rings (SSSR count). The summed E-state index contributed by atoms with van der Waals surface area (Å²) >= 11 is 3.52. The van der Waals surface area contributed by atoms with Crippen LogP contribution < -0.4 is 5.32 Å². The highest BCUT2D eigenvalue weighted by molar-refractivity contribution is 9.10. The number of amides is 1. The summed E-state index contributed by atoms with van der Waals surface area (Å²) in [5.74, 6) is -0.884. The predicted molar refractivity (Wildman–Crippen MR) is 95.1 cm³/mol. The lowest BCUT2D eigenvalue weighted by molar-refractivity contribution is -0.112. The Morgan fingerprint density at radius 3 is 2.61 bits per heavy atom. The molecule has 0 bridgehead atoms. The van der Waals surface area contributed by atoms with E-state index < -0.39 is 5.91 Å². The molecule has 0 saturated heterocycles. The minimum Gasteiger partial charge on any atom is -0.317 e. The summed E-state index contributed by atoms with van der Waals surface area (Å²) in [4.78, 5) is 26.5. The van der Waals surface area contributed by atoms with Crippen LogP contribution in [-0.2, 0) is 17.6 Å². The van der Waals surface area contributed by atoms with Crippen molar-refractivity contribution < 1.29 is 9.59 Å². The van der Waals surface area contributed by atoms with E-state index in [1.807, 2.05) is 0 Å². The fourth-order valence-corrected chi connectivity index (χ4v) is 4.47. The van der Waals surface area contributed by atoms with Gasteiger partial charge in [0.25, 0.3) is 11.7 Å². The molecule has 2 aliphatic rings. The first-order chi connectivity index (χ1) is 11.1. The number of Topliss-reactive ketones (excluding diaryl/α,β-unsaturated/α-hetero) is 1. The van der Waals surface area contributed by atoms with E-state index in [-0.39, 0.29) is 5.78 Å². The van der Waals surface area contributed by atoms with Crippen molar-refractivity contribution in [2.24, 2.45) is 0 Å². The van der Waals surface area contributed by atoms with E-state index in [1.165, 1.54) is 5.56 Å². The van der Waals surface area contributed by atoms with Crippen LogP contribution in [0.2, 0.25) is 0 Å². The van der Waals surface area contributed by atoms with E-state index in [9.17, 15) is 9.59 Å². The first-order valence-electron chi connectivity index (χ1n) is 8.50. The Balaban J connectivity index is 1.92. The standard InChI is InChI=1S/C18H23BrN2O2/c1-3-7-21(8-4-2)12-5-6-13-11(9-12)10-14(19)16-15(13)17(22)18(23)20-16/h10,12H,3-9H2,1-2H3,(H,20,22,23). The average Bonchev–Trinajstić information content (AvgIpc) is 2.83. The van der Waals surface area contributed by atoms with Gasteiger partial charge < -0.3 is 10.2 Å². The maximum Gasteiger partial charge on any atom is 0.296 e. The maximum atomic E-state index is 12.2. The largest absolute Gasteiger partial charge is 0.317 e. The van der Waals surface area contributed by atoms with Crippen LogP contribution in [0.15, 0.2) is 10.5 Å². The van der Waals surface area contributed by atoms with Gasteiger partial charge in [0.2, 0.25) is 0 Å². The summed E-state index contributed by atoms with van der Waals surface area (Å²) in [6.45, 7) is 6.69. The Hall–Kier alpha value is -1.20. The van der Waals surface area contributed by atoms with Gasteiger partial charge in [0.15, 0.2) is 0 Å². The quantitative estimate of drug-likeness (QED) is 0.796. The number of ketones is 1. The number of rotatable bonds is 5. The molecule has 1 aromatic carbocycles. The van der Waals surface area contributed by atoms with Gasteiger partial charge in [-0.1, -0.05) is 13.8 Å². The number of anilines is 1. The number of carbonyl (C=O) groups excluding carboxylic acids is 2. The first kappa shape index (κ1) is 16.7. The molecule has 1 aromatic rings. The van der Waals surface area contributed by atoms with Crippen LogP contribution in [0.5, 0.6) is 0 Å². The molecular weight excluding hydrogens is 356 g/mol. The number of nitrogens with one attached hydrogen (secondary N) is 1. The van der Waals surface area contributed by atoms with Crippen molar-refractivity contribution in [2.45, 2.75) is 52.0 Å². The highest BCUT2D eigenvalue weighted by atomic mass is 79.9. The second-order valence-electron chi connectivity index (χ2n) is 6.46. The van der Waals surface area contributed by atoms with E-state index in [4.69, 9.17) is 0 Å². The van der Waals surface area contributed by atoms with Gasteiger partial charge in [0.05, 0.1) is 11.3 Å². The topological polar surface area (TPSA) is 49.4 Å². The number of carbonyl (C=O) groups is 2. The van der Waals surface area contributed by atoms with Crippen LogP contribution >= 0.6 is 15.9 Å². The van der Waals surface area contributed by atoms with E-state index in [0.29, 0.717) is 17.3 Å². The van der Waals surface area contributed by atoms with Crippen LogP contribution in [0.1, 0.15) is 54.6 Å². The van der Waals surface area contributed by atoms with Gasteiger partial charge in [-0.3, -0.25) is 9.59 Å². The molecule has 0 saturated carbocycles. The summed E-state index contributed by atoms with van der Waals surface area (Å²) in [6.07, 6.45) is 5.22. The van der Waals surface area contributed by atoms with E-state index in [2.05, 4.69) is 46.1 Å². The number of hydrogen-bond donors (Lipinski definition) is 1. The molecule has 1 aliphatic heterocycles. The minimum absolute atomic E-state index is 0.380. The van der Waals surface area contributed by atoms with Crippen molar-refractivity contribution in [3.8, 4) is 0 Å². The smallest absolute Gasteiger partial charge is 0.296 e. The van der Waals surface area contributed by atoms with Crippen LogP contribution in [0.25, 0.3) is 0 Å². The number of hydrogen-bond acceptors (Lipinski definition) is 3. The molecule has 0 fully saturated rings. The Morgan fingerprint density at radius 1 is 1.26 bits per heavy atom. The number of fused-ring (bicyclic) bond motifs is 3. The Kier molecular flexibility index (Phi) is 4.87. The molecule has 124 valence electrons. The highest BCUT2D eigenvalue weighted by Crippen LogP contribution is 2.39. The third-order valence-electron chi connectivity index (χ3n) is 4.87. The molecule has 1 aliphatic carbocycles. The minimum atomic E-state index is -0.505. The molecule has 0 spiro atoms. The molecule has 0 radical (unpaired) electrons. The molecule has 23 heavy (non-hydrogen) atoms. The molecule has 1 unspecified atom stereocenters. The normalized spacial score (nSPS) is 19.7. The van der Waals surface area contributed by atoms with E-state index in [1.54, 1.807) is 0 Å².